The first-order valence-corrected chi connectivity index (χ1v) is 10.5. The Bertz CT molecular complexity index is 849. The predicted molar refractivity (Wildman–Crippen MR) is 105 cm³/mol. The van der Waals surface area contributed by atoms with Crippen molar-refractivity contribution in [1.29, 1.82) is 0 Å². The van der Waals surface area contributed by atoms with Crippen molar-refractivity contribution in [3.05, 3.63) is 96.1 Å². The molecule has 0 spiro atoms. The Hall–Kier alpha value is -2.15. The molecule has 0 amide bonds. The molecule has 126 valence electrons. The SMILES string of the molecule is O=P(N[C@H]1CCCc2ccccc21)(c1ccccc1)c1ccccc1. The zero-order chi connectivity index (χ0) is 17.1. The Labute approximate surface area is 149 Å². The third kappa shape index (κ3) is 3.20. The molecule has 1 atom stereocenters. The summed E-state index contributed by atoms with van der Waals surface area (Å²) in [6, 6.07) is 28.3. The van der Waals surface area contributed by atoms with Gasteiger partial charge in [-0.15, -0.1) is 0 Å². The van der Waals surface area contributed by atoms with E-state index >= 15 is 0 Å². The molecule has 4 rings (SSSR count). The molecule has 2 nitrogen and oxygen atoms in total. The smallest absolute Gasteiger partial charge is 0.205 e. The van der Waals surface area contributed by atoms with Crippen LogP contribution in [0, 0.1) is 0 Å². The number of hydrogen-bond acceptors (Lipinski definition) is 1. The molecule has 0 radical (unpaired) electrons. The Kier molecular flexibility index (Phi) is 4.57. The van der Waals surface area contributed by atoms with E-state index in [9.17, 15) is 4.57 Å². The highest BCUT2D eigenvalue weighted by Crippen LogP contribution is 2.44. The van der Waals surface area contributed by atoms with Crippen molar-refractivity contribution < 1.29 is 4.57 Å². The lowest BCUT2D eigenvalue weighted by Crippen LogP contribution is -2.32. The van der Waals surface area contributed by atoms with Gasteiger partial charge in [0.25, 0.3) is 0 Å². The van der Waals surface area contributed by atoms with Crippen LogP contribution in [0.25, 0.3) is 0 Å². The first-order chi connectivity index (χ1) is 12.3. The molecule has 0 unspecified atom stereocenters. The van der Waals surface area contributed by atoms with Crippen LogP contribution in [0.2, 0.25) is 0 Å². The summed E-state index contributed by atoms with van der Waals surface area (Å²) in [5.41, 5.74) is 2.67. The van der Waals surface area contributed by atoms with E-state index in [1.807, 2.05) is 60.7 Å². The van der Waals surface area contributed by atoms with Gasteiger partial charge in [0.1, 0.15) is 0 Å². The zero-order valence-corrected chi connectivity index (χ0v) is 15.0. The molecular formula is C22H22NOP. The number of hydrogen-bond donors (Lipinski definition) is 1. The molecule has 3 aromatic carbocycles. The number of benzene rings is 3. The number of fused-ring (bicyclic) bond motifs is 1. The summed E-state index contributed by atoms with van der Waals surface area (Å²) in [5.74, 6) is 0. The lowest BCUT2D eigenvalue weighted by atomic mass is 9.88. The van der Waals surface area contributed by atoms with Gasteiger partial charge in [-0.3, -0.25) is 9.65 Å². The Morgan fingerprint density at radius 3 is 1.96 bits per heavy atom. The molecule has 0 aliphatic heterocycles. The van der Waals surface area contributed by atoms with Crippen LogP contribution in [0.1, 0.15) is 30.0 Å². The second-order valence-electron chi connectivity index (χ2n) is 6.55. The Balaban J connectivity index is 1.78. The van der Waals surface area contributed by atoms with Crippen LogP contribution >= 0.6 is 7.29 Å². The van der Waals surface area contributed by atoms with Gasteiger partial charge in [0.05, 0.1) is 0 Å². The summed E-state index contributed by atoms with van der Waals surface area (Å²) in [6.07, 6.45) is 3.24. The molecule has 0 bridgehead atoms. The van der Waals surface area contributed by atoms with Crippen LogP contribution in [-0.4, -0.2) is 0 Å². The fourth-order valence-electron chi connectivity index (χ4n) is 3.68. The van der Waals surface area contributed by atoms with E-state index in [-0.39, 0.29) is 6.04 Å². The van der Waals surface area contributed by atoms with Crippen molar-refractivity contribution >= 4 is 17.9 Å². The largest absolute Gasteiger partial charge is 0.297 e. The van der Waals surface area contributed by atoms with Gasteiger partial charge in [-0.1, -0.05) is 60.7 Å². The second-order valence-corrected chi connectivity index (χ2v) is 9.06. The van der Waals surface area contributed by atoms with Gasteiger partial charge in [0.15, 0.2) is 0 Å². The molecular weight excluding hydrogens is 325 g/mol. The Morgan fingerprint density at radius 1 is 0.760 bits per heavy atom. The minimum absolute atomic E-state index is 0.121. The van der Waals surface area contributed by atoms with Crippen molar-refractivity contribution in [3.63, 3.8) is 0 Å². The molecule has 1 aliphatic carbocycles. The molecule has 1 aliphatic rings. The van der Waals surface area contributed by atoms with Gasteiger partial charge >= 0.3 is 0 Å². The number of rotatable bonds is 4. The Morgan fingerprint density at radius 2 is 1.32 bits per heavy atom. The minimum Gasteiger partial charge on any atom is -0.297 e. The average Bonchev–Trinajstić information content (AvgIpc) is 2.69. The summed E-state index contributed by atoms with van der Waals surface area (Å²) in [4.78, 5) is 0. The average molecular weight is 347 g/mol. The van der Waals surface area contributed by atoms with E-state index in [0.717, 1.165) is 29.9 Å². The van der Waals surface area contributed by atoms with Gasteiger partial charge < -0.3 is 0 Å². The molecule has 25 heavy (non-hydrogen) atoms. The highest BCUT2D eigenvalue weighted by molar-refractivity contribution is 7.76. The normalized spacial score (nSPS) is 17.0. The fourth-order valence-corrected chi connectivity index (χ4v) is 6.17. The van der Waals surface area contributed by atoms with E-state index in [1.54, 1.807) is 0 Å². The molecule has 3 aromatic rings. The highest BCUT2D eigenvalue weighted by atomic mass is 31.2. The summed E-state index contributed by atoms with van der Waals surface area (Å²) < 4.78 is 14.2. The fraction of sp³-hybridized carbons (Fsp3) is 0.182. The van der Waals surface area contributed by atoms with Crippen molar-refractivity contribution in [2.75, 3.05) is 0 Å². The minimum atomic E-state index is -2.90. The topological polar surface area (TPSA) is 29.1 Å². The number of nitrogens with one attached hydrogen (secondary N) is 1. The van der Waals surface area contributed by atoms with Crippen molar-refractivity contribution in [1.82, 2.24) is 5.09 Å². The quantitative estimate of drug-likeness (QED) is 0.700. The van der Waals surface area contributed by atoms with Crippen LogP contribution in [0.3, 0.4) is 0 Å². The van der Waals surface area contributed by atoms with E-state index in [2.05, 4.69) is 29.4 Å². The standard InChI is InChI=1S/C22H22NOP/c24-25(19-12-3-1-4-13-19,20-14-5-2-6-15-20)23-22-17-9-11-18-10-7-8-16-21(18)22/h1-8,10,12-16,22H,9,11,17H2,(H,23,24)/t22-/m0/s1. The van der Waals surface area contributed by atoms with Crippen LogP contribution in [0.5, 0.6) is 0 Å². The van der Waals surface area contributed by atoms with Crippen LogP contribution < -0.4 is 15.7 Å². The summed E-state index contributed by atoms with van der Waals surface area (Å²) >= 11 is 0. The molecule has 1 N–H and O–H groups in total. The maximum absolute atomic E-state index is 14.2. The van der Waals surface area contributed by atoms with Crippen LogP contribution in [0.4, 0.5) is 0 Å². The van der Waals surface area contributed by atoms with Gasteiger partial charge in [-0.2, -0.15) is 0 Å². The monoisotopic (exact) mass is 347 g/mol. The zero-order valence-electron chi connectivity index (χ0n) is 14.1. The summed E-state index contributed by atoms with van der Waals surface area (Å²) in [7, 11) is -2.90. The number of aryl methyl sites for hydroxylation is 1. The maximum atomic E-state index is 14.2. The van der Waals surface area contributed by atoms with Crippen molar-refractivity contribution in [3.8, 4) is 0 Å². The van der Waals surface area contributed by atoms with Gasteiger partial charge in [-0.25, -0.2) is 0 Å². The van der Waals surface area contributed by atoms with E-state index < -0.39 is 7.29 Å². The summed E-state index contributed by atoms with van der Waals surface area (Å²) in [6.45, 7) is 0. The second kappa shape index (κ2) is 7.00. The highest BCUT2D eigenvalue weighted by Gasteiger charge is 2.32. The molecule has 0 saturated carbocycles. The van der Waals surface area contributed by atoms with Crippen LogP contribution in [0.15, 0.2) is 84.9 Å². The van der Waals surface area contributed by atoms with Gasteiger partial charge in [0.2, 0.25) is 7.29 Å². The van der Waals surface area contributed by atoms with Crippen molar-refractivity contribution in [2.24, 2.45) is 0 Å². The van der Waals surface area contributed by atoms with Crippen LogP contribution in [-0.2, 0) is 11.0 Å². The lowest BCUT2D eigenvalue weighted by Gasteiger charge is -2.31. The van der Waals surface area contributed by atoms with E-state index in [0.29, 0.717) is 0 Å². The molecule has 0 saturated heterocycles. The first kappa shape index (κ1) is 16.3. The van der Waals surface area contributed by atoms with Crippen molar-refractivity contribution in [2.45, 2.75) is 25.3 Å². The predicted octanol–water partition coefficient (Wildman–Crippen LogP) is 4.58. The molecule has 3 heteroatoms. The molecule has 0 aromatic heterocycles. The lowest BCUT2D eigenvalue weighted by molar-refractivity contribution is 0.514. The molecule has 0 heterocycles. The third-order valence-electron chi connectivity index (χ3n) is 4.95. The maximum Gasteiger partial charge on any atom is 0.205 e. The van der Waals surface area contributed by atoms with E-state index in [4.69, 9.17) is 0 Å². The first-order valence-electron chi connectivity index (χ1n) is 8.84. The van der Waals surface area contributed by atoms with E-state index in [1.165, 1.54) is 11.1 Å². The van der Waals surface area contributed by atoms with Gasteiger partial charge in [0, 0.05) is 16.7 Å². The third-order valence-corrected chi connectivity index (χ3v) is 7.67. The van der Waals surface area contributed by atoms with Gasteiger partial charge in [-0.05, 0) is 54.7 Å². The molecule has 0 fully saturated rings. The summed E-state index contributed by atoms with van der Waals surface area (Å²) in [5, 5.41) is 5.31.